The molecule has 0 aromatic heterocycles. The van der Waals surface area contributed by atoms with Crippen molar-refractivity contribution in [1.82, 2.24) is 5.32 Å². The molecule has 0 aliphatic carbocycles. The van der Waals surface area contributed by atoms with Crippen molar-refractivity contribution in [2.75, 3.05) is 6.61 Å². The highest BCUT2D eigenvalue weighted by molar-refractivity contribution is 5.84. The van der Waals surface area contributed by atoms with Crippen molar-refractivity contribution in [2.24, 2.45) is 34.3 Å². The number of carbonyl (C=O) groups excluding carboxylic acids is 3. The van der Waals surface area contributed by atoms with E-state index in [0.29, 0.717) is 23.9 Å². The average molecular weight is 441 g/mol. The van der Waals surface area contributed by atoms with Crippen molar-refractivity contribution in [2.45, 2.75) is 107 Å². The molecular weight excluding hydrogens is 392 g/mol. The van der Waals surface area contributed by atoms with E-state index < -0.39 is 17.9 Å². The Morgan fingerprint density at radius 3 is 1.90 bits per heavy atom. The monoisotopic (exact) mass is 440 g/mol. The number of hydrogen-bond acceptors (Lipinski definition) is 4. The van der Waals surface area contributed by atoms with Gasteiger partial charge in [-0.3, -0.25) is 9.59 Å². The molecule has 31 heavy (non-hydrogen) atoms. The molecule has 0 aromatic rings. The summed E-state index contributed by atoms with van der Waals surface area (Å²) >= 11 is 0. The third-order valence-electron chi connectivity index (χ3n) is 5.51. The number of primary amides is 1. The van der Waals surface area contributed by atoms with E-state index >= 15 is 0 Å². The molecule has 3 N–H and O–H groups in total. The summed E-state index contributed by atoms with van der Waals surface area (Å²) in [5.41, 5.74) is 5.69. The molecule has 6 nitrogen and oxygen atoms in total. The fourth-order valence-electron chi connectivity index (χ4n) is 4.38. The summed E-state index contributed by atoms with van der Waals surface area (Å²) in [6, 6.07) is -0.844. The Balaban J connectivity index is 5.11. The summed E-state index contributed by atoms with van der Waals surface area (Å²) in [6.45, 7) is 19.7. The molecule has 0 radical (unpaired) electrons. The minimum Gasteiger partial charge on any atom is -0.464 e. The second kappa shape index (κ2) is 13.1. The van der Waals surface area contributed by atoms with Crippen molar-refractivity contribution in [3.63, 3.8) is 0 Å². The van der Waals surface area contributed by atoms with Crippen LogP contribution in [-0.2, 0) is 19.1 Å². The van der Waals surface area contributed by atoms with E-state index in [0.717, 1.165) is 25.7 Å². The van der Waals surface area contributed by atoms with Crippen LogP contribution in [0.15, 0.2) is 0 Å². The lowest BCUT2D eigenvalue weighted by Gasteiger charge is -2.31. The molecule has 0 heterocycles. The number of nitrogens with two attached hydrogens (primary N) is 1. The van der Waals surface area contributed by atoms with Gasteiger partial charge in [0.2, 0.25) is 11.8 Å². The van der Waals surface area contributed by atoms with Gasteiger partial charge in [-0.25, -0.2) is 4.79 Å². The summed E-state index contributed by atoms with van der Waals surface area (Å²) in [5.74, 6) is -0.0817. The predicted molar refractivity (Wildman–Crippen MR) is 126 cm³/mol. The molecule has 0 aliphatic heterocycles. The van der Waals surface area contributed by atoms with E-state index in [1.54, 1.807) is 0 Å². The number of rotatable bonds is 13. The second-order valence-electron chi connectivity index (χ2n) is 11.8. The molecule has 0 aliphatic rings. The van der Waals surface area contributed by atoms with E-state index in [2.05, 4.69) is 60.7 Å². The fourth-order valence-corrected chi connectivity index (χ4v) is 4.38. The van der Waals surface area contributed by atoms with Crippen molar-refractivity contribution < 1.29 is 19.1 Å². The van der Waals surface area contributed by atoms with Gasteiger partial charge < -0.3 is 15.8 Å². The van der Waals surface area contributed by atoms with E-state index in [4.69, 9.17) is 10.5 Å². The van der Waals surface area contributed by atoms with E-state index in [1.165, 1.54) is 6.92 Å². The van der Waals surface area contributed by atoms with Gasteiger partial charge in [0.15, 0.2) is 0 Å². The lowest BCUT2D eigenvalue weighted by atomic mass is 9.76. The van der Waals surface area contributed by atoms with Gasteiger partial charge in [-0.1, -0.05) is 61.8 Å². The van der Waals surface area contributed by atoms with Gasteiger partial charge in [-0.05, 0) is 54.3 Å². The number of carbonyl (C=O) groups is 3. The Morgan fingerprint density at radius 2 is 1.45 bits per heavy atom. The van der Waals surface area contributed by atoms with Gasteiger partial charge in [0.05, 0.1) is 6.61 Å². The summed E-state index contributed by atoms with van der Waals surface area (Å²) in [5, 5.41) is 2.58. The molecular formula is C25H48N2O4. The van der Waals surface area contributed by atoms with Crippen LogP contribution in [0.1, 0.15) is 101 Å². The molecule has 2 amide bonds. The first-order valence-electron chi connectivity index (χ1n) is 11.7. The summed E-state index contributed by atoms with van der Waals surface area (Å²) in [6.07, 6.45) is 4.45. The highest BCUT2D eigenvalue weighted by Crippen LogP contribution is 2.33. The number of ether oxygens (including phenoxy) is 1. The van der Waals surface area contributed by atoms with Crippen LogP contribution in [0.25, 0.3) is 0 Å². The molecule has 0 saturated heterocycles. The number of amides is 2. The topological polar surface area (TPSA) is 98.5 Å². The van der Waals surface area contributed by atoms with Gasteiger partial charge >= 0.3 is 5.97 Å². The Labute approximate surface area is 190 Å². The predicted octanol–water partition coefficient (Wildman–Crippen LogP) is 4.84. The van der Waals surface area contributed by atoms with Crippen molar-refractivity contribution in [1.29, 1.82) is 0 Å². The Morgan fingerprint density at radius 1 is 0.903 bits per heavy atom. The zero-order chi connectivity index (χ0) is 24.4. The maximum atomic E-state index is 12.6. The Kier molecular flexibility index (Phi) is 12.4. The zero-order valence-electron chi connectivity index (χ0n) is 21.5. The quantitative estimate of drug-likeness (QED) is 0.400. The normalized spacial score (nSPS) is 16.2. The minimum absolute atomic E-state index is 0.0220. The molecule has 0 saturated carbocycles. The largest absolute Gasteiger partial charge is 0.464 e. The third-order valence-corrected chi connectivity index (χ3v) is 5.51. The van der Waals surface area contributed by atoms with E-state index in [9.17, 15) is 14.4 Å². The van der Waals surface area contributed by atoms with Crippen molar-refractivity contribution in [3.05, 3.63) is 0 Å². The first kappa shape index (κ1) is 29.4. The molecule has 4 atom stereocenters. The van der Waals surface area contributed by atoms with Crippen LogP contribution in [0.2, 0.25) is 0 Å². The first-order valence-corrected chi connectivity index (χ1v) is 11.7. The van der Waals surface area contributed by atoms with Gasteiger partial charge in [0.1, 0.15) is 6.04 Å². The Bertz CT molecular complexity index is 575. The minimum atomic E-state index is -0.844. The fraction of sp³-hybridized carbons (Fsp3) is 0.880. The molecule has 0 aromatic carbocycles. The first-order chi connectivity index (χ1) is 14.0. The van der Waals surface area contributed by atoms with Gasteiger partial charge in [-0.2, -0.15) is 0 Å². The summed E-state index contributed by atoms with van der Waals surface area (Å²) < 4.78 is 5.66. The van der Waals surface area contributed by atoms with Crippen LogP contribution < -0.4 is 11.1 Å². The summed E-state index contributed by atoms with van der Waals surface area (Å²) in [4.78, 5) is 35.2. The standard InChI is InChI=1S/C25H48N2O4/c1-17(14-24(4,5)6)10-11-20(18(2)15-25(7,8)9)16-31-23(30)21(27-19(3)28)12-13-22(26)29/h17-18,20-21H,10-16H2,1-9H3,(H2,26,29)(H,27,28). The maximum Gasteiger partial charge on any atom is 0.328 e. The molecule has 182 valence electrons. The van der Waals surface area contributed by atoms with Crippen LogP contribution in [0.3, 0.4) is 0 Å². The Hall–Kier alpha value is -1.59. The lowest BCUT2D eigenvalue weighted by molar-refractivity contribution is -0.150. The van der Waals surface area contributed by atoms with Gasteiger partial charge in [0.25, 0.3) is 0 Å². The molecule has 0 fully saturated rings. The molecule has 4 unspecified atom stereocenters. The van der Waals surface area contributed by atoms with Gasteiger partial charge in [-0.15, -0.1) is 0 Å². The van der Waals surface area contributed by atoms with Crippen LogP contribution in [0.5, 0.6) is 0 Å². The van der Waals surface area contributed by atoms with Crippen molar-refractivity contribution in [3.8, 4) is 0 Å². The van der Waals surface area contributed by atoms with E-state index in [1.807, 2.05) is 0 Å². The van der Waals surface area contributed by atoms with Crippen LogP contribution in [-0.4, -0.2) is 30.4 Å². The van der Waals surface area contributed by atoms with Gasteiger partial charge in [0, 0.05) is 13.3 Å². The van der Waals surface area contributed by atoms with Crippen LogP contribution >= 0.6 is 0 Å². The maximum absolute atomic E-state index is 12.6. The van der Waals surface area contributed by atoms with Crippen LogP contribution in [0.4, 0.5) is 0 Å². The molecule has 0 rings (SSSR count). The highest BCUT2D eigenvalue weighted by atomic mass is 16.5. The SMILES string of the molecule is CC(=O)NC(CCC(N)=O)C(=O)OCC(CCC(C)CC(C)(C)C)C(C)CC(C)(C)C. The van der Waals surface area contributed by atoms with Crippen molar-refractivity contribution >= 4 is 17.8 Å². The number of hydrogen-bond donors (Lipinski definition) is 2. The highest BCUT2D eigenvalue weighted by Gasteiger charge is 2.28. The summed E-state index contributed by atoms with van der Waals surface area (Å²) in [7, 11) is 0. The third kappa shape index (κ3) is 15.8. The zero-order valence-corrected chi connectivity index (χ0v) is 21.5. The number of esters is 1. The second-order valence-corrected chi connectivity index (χ2v) is 11.8. The lowest BCUT2D eigenvalue weighted by Crippen LogP contribution is -2.42. The molecule has 0 spiro atoms. The smallest absolute Gasteiger partial charge is 0.328 e. The average Bonchev–Trinajstić information content (AvgIpc) is 2.54. The molecule has 0 bridgehead atoms. The number of nitrogens with one attached hydrogen (secondary N) is 1. The van der Waals surface area contributed by atoms with Crippen LogP contribution in [0, 0.1) is 28.6 Å². The molecule has 6 heteroatoms. The van der Waals surface area contributed by atoms with E-state index in [-0.39, 0.29) is 30.1 Å².